The Bertz CT molecular complexity index is 629. The van der Waals surface area contributed by atoms with Crippen LogP contribution in [0.5, 0.6) is 0 Å². The first-order valence-corrected chi connectivity index (χ1v) is 8.46. The predicted molar refractivity (Wildman–Crippen MR) is 93.9 cm³/mol. The van der Waals surface area contributed by atoms with Crippen LogP contribution in [0.25, 0.3) is 0 Å². The average Bonchev–Trinajstić information content (AvgIpc) is 2.41. The number of carboxylic acid groups (broad SMARTS) is 1. The van der Waals surface area contributed by atoms with E-state index in [-0.39, 0.29) is 11.2 Å². The smallest absolute Gasteiger partial charge is 0.334 e. The molecular weight excluding hydrogens is 294 g/mol. The molecule has 1 heterocycles. The van der Waals surface area contributed by atoms with Crippen LogP contribution in [0.1, 0.15) is 44.7 Å². The van der Waals surface area contributed by atoms with Crippen molar-refractivity contribution in [2.45, 2.75) is 51.0 Å². The van der Waals surface area contributed by atoms with E-state index in [2.05, 4.69) is 18.8 Å². The van der Waals surface area contributed by atoms with Gasteiger partial charge in [-0.2, -0.15) is 0 Å². The number of hydrogen-bond donors (Lipinski definition) is 1. The van der Waals surface area contributed by atoms with Crippen molar-refractivity contribution in [1.29, 1.82) is 0 Å². The fourth-order valence-corrected chi connectivity index (χ4v) is 4.17. The Hall–Kier alpha value is -1.55. The number of nitrogens with zero attached hydrogens (tertiary/aromatic N) is 1. The van der Waals surface area contributed by atoms with E-state index in [1.54, 1.807) is 18.7 Å². The highest BCUT2D eigenvalue weighted by Gasteiger charge is 2.37. The summed E-state index contributed by atoms with van der Waals surface area (Å²) in [4.78, 5) is 16.3. The molecule has 3 nitrogen and oxygen atoms in total. The lowest BCUT2D eigenvalue weighted by atomic mass is 9.83. The highest BCUT2D eigenvalue weighted by Crippen LogP contribution is 2.41. The molecule has 2 atom stereocenters. The van der Waals surface area contributed by atoms with Gasteiger partial charge in [-0.05, 0) is 31.6 Å². The summed E-state index contributed by atoms with van der Waals surface area (Å²) in [7, 11) is 0. The van der Waals surface area contributed by atoms with Crippen LogP contribution in [0.15, 0.2) is 40.5 Å². The Labute approximate surface area is 136 Å². The minimum atomic E-state index is -0.867. The van der Waals surface area contributed by atoms with Gasteiger partial charge in [0.25, 0.3) is 0 Å². The van der Waals surface area contributed by atoms with Crippen molar-refractivity contribution in [2.75, 3.05) is 0 Å². The first-order valence-electron chi connectivity index (χ1n) is 7.52. The lowest BCUT2D eigenvalue weighted by molar-refractivity contribution is -0.133. The monoisotopic (exact) mass is 317 g/mol. The van der Waals surface area contributed by atoms with E-state index in [9.17, 15) is 9.90 Å². The van der Waals surface area contributed by atoms with Gasteiger partial charge in [0.2, 0.25) is 0 Å². The summed E-state index contributed by atoms with van der Waals surface area (Å²) in [5.74, 6) is -1.02. The van der Waals surface area contributed by atoms with Crippen LogP contribution < -0.4 is 0 Å². The van der Waals surface area contributed by atoms with Crippen molar-refractivity contribution in [2.24, 2.45) is 4.99 Å². The maximum Gasteiger partial charge on any atom is 0.334 e. The summed E-state index contributed by atoms with van der Waals surface area (Å²) in [6.45, 7) is 10.1. The standard InChI is InChI=1S/C18H23NO2S/c1-10(2)22-17-13(5)19-12(4)15(18(20)21)16(17)14-8-6-11(3)7-9-14/h6-10,16-17H,1-5H3,(H,20,21). The largest absolute Gasteiger partial charge is 0.478 e. The Balaban J connectivity index is 2.56. The quantitative estimate of drug-likeness (QED) is 0.894. The third-order valence-electron chi connectivity index (χ3n) is 3.85. The molecule has 0 spiro atoms. The highest BCUT2D eigenvalue weighted by molar-refractivity contribution is 8.01. The van der Waals surface area contributed by atoms with E-state index >= 15 is 0 Å². The number of aryl methyl sites for hydroxylation is 1. The first kappa shape index (κ1) is 16.8. The van der Waals surface area contributed by atoms with Gasteiger partial charge in [0, 0.05) is 17.3 Å². The molecule has 0 radical (unpaired) electrons. The maximum absolute atomic E-state index is 11.8. The topological polar surface area (TPSA) is 49.7 Å². The summed E-state index contributed by atoms with van der Waals surface area (Å²) in [6, 6.07) is 8.18. The molecule has 0 bridgehead atoms. The number of aliphatic carboxylic acids is 1. The van der Waals surface area contributed by atoms with Crippen molar-refractivity contribution >= 4 is 23.4 Å². The third kappa shape index (κ3) is 3.43. The third-order valence-corrected chi connectivity index (χ3v) is 5.30. The van der Waals surface area contributed by atoms with Crippen molar-refractivity contribution in [3.05, 3.63) is 46.7 Å². The van der Waals surface area contributed by atoms with Crippen LogP contribution in [0, 0.1) is 6.92 Å². The van der Waals surface area contributed by atoms with Crippen LogP contribution in [0.4, 0.5) is 0 Å². The molecule has 2 rings (SSSR count). The van der Waals surface area contributed by atoms with E-state index in [1.165, 1.54) is 5.56 Å². The summed E-state index contributed by atoms with van der Waals surface area (Å²) in [5, 5.41) is 10.2. The normalized spacial score (nSPS) is 22.0. The van der Waals surface area contributed by atoms with Crippen molar-refractivity contribution < 1.29 is 9.90 Å². The zero-order valence-electron chi connectivity index (χ0n) is 13.8. The van der Waals surface area contributed by atoms with Crippen LogP contribution >= 0.6 is 11.8 Å². The second-order valence-corrected chi connectivity index (χ2v) is 7.77. The number of carbonyl (C=O) groups is 1. The number of benzene rings is 1. The summed E-state index contributed by atoms with van der Waals surface area (Å²) in [5.41, 5.74) is 4.28. The second kappa shape index (κ2) is 6.69. The molecule has 1 aromatic carbocycles. The Kier molecular flexibility index (Phi) is 5.12. The predicted octanol–water partition coefficient (Wildman–Crippen LogP) is 4.42. The zero-order valence-corrected chi connectivity index (χ0v) is 14.6. The highest BCUT2D eigenvalue weighted by atomic mass is 32.2. The van der Waals surface area contributed by atoms with Crippen LogP contribution in [-0.2, 0) is 4.79 Å². The Morgan fingerprint density at radius 1 is 1.18 bits per heavy atom. The van der Waals surface area contributed by atoms with Gasteiger partial charge in [-0.1, -0.05) is 43.7 Å². The molecule has 0 saturated carbocycles. The molecular formula is C18H23NO2S. The number of hydrogen-bond acceptors (Lipinski definition) is 3. The van der Waals surface area contributed by atoms with E-state index in [4.69, 9.17) is 0 Å². The molecule has 1 aromatic rings. The molecule has 0 saturated heterocycles. The minimum absolute atomic E-state index is 0.0671. The SMILES string of the molecule is CC1=NC(C)=C(C(=O)O)C(c2ccc(C)cc2)C1SC(C)C. The molecule has 0 fully saturated rings. The van der Waals surface area contributed by atoms with Crippen molar-refractivity contribution in [3.8, 4) is 0 Å². The van der Waals surface area contributed by atoms with Gasteiger partial charge in [0.05, 0.1) is 10.8 Å². The molecule has 1 aliphatic rings. The number of thioether (sulfide) groups is 1. The van der Waals surface area contributed by atoms with E-state index in [0.29, 0.717) is 16.5 Å². The van der Waals surface area contributed by atoms with Crippen molar-refractivity contribution in [1.82, 2.24) is 0 Å². The summed E-state index contributed by atoms with van der Waals surface area (Å²) in [6.07, 6.45) is 0. The molecule has 118 valence electrons. The van der Waals surface area contributed by atoms with Gasteiger partial charge in [-0.3, -0.25) is 4.99 Å². The average molecular weight is 317 g/mol. The van der Waals surface area contributed by atoms with Gasteiger partial charge >= 0.3 is 5.97 Å². The second-order valence-electron chi connectivity index (χ2n) is 6.05. The molecule has 0 aliphatic carbocycles. The van der Waals surface area contributed by atoms with Gasteiger partial charge in [-0.25, -0.2) is 4.79 Å². The van der Waals surface area contributed by atoms with Crippen molar-refractivity contribution in [3.63, 3.8) is 0 Å². The number of aliphatic imine (C=N–C) groups is 1. The molecule has 1 N–H and O–H groups in total. The number of carboxylic acids is 1. The fraction of sp³-hybridized carbons (Fsp3) is 0.444. The van der Waals surface area contributed by atoms with Gasteiger partial charge in [0.15, 0.2) is 0 Å². The minimum Gasteiger partial charge on any atom is -0.478 e. The van der Waals surface area contributed by atoms with Crippen LogP contribution in [0.2, 0.25) is 0 Å². The van der Waals surface area contributed by atoms with E-state index in [1.807, 2.05) is 38.1 Å². The first-order chi connectivity index (χ1) is 10.3. The lowest BCUT2D eigenvalue weighted by Gasteiger charge is -2.33. The Morgan fingerprint density at radius 2 is 1.77 bits per heavy atom. The van der Waals surface area contributed by atoms with E-state index in [0.717, 1.165) is 11.3 Å². The summed E-state index contributed by atoms with van der Waals surface area (Å²) < 4.78 is 0. The molecule has 1 aliphatic heterocycles. The fourth-order valence-electron chi connectivity index (χ4n) is 2.88. The molecule has 22 heavy (non-hydrogen) atoms. The van der Waals surface area contributed by atoms with Gasteiger partial charge in [-0.15, -0.1) is 11.8 Å². The number of rotatable bonds is 4. The summed E-state index contributed by atoms with van der Waals surface area (Å²) >= 11 is 1.79. The molecule has 0 aromatic heterocycles. The zero-order chi connectivity index (χ0) is 16.4. The van der Waals surface area contributed by atoms with Gasteiger partial charge < -0.3 is 5.11 Å². The lowest BCUT2D eigenvalue weighted by Crippen LogP contribution is -2.32. The molecule has 0 amide bonds. The van der Waals surface area contributed by atoms with Crippen LogP contribution in [-0.4, -0.2) is 27.3 Å². The molecule has 2 unspecified atom stereocenters. The maximum atomic E-state index is 11.8. The van der Waals surface area contributed by atoms with E-state index < -0.39 is 5.97 Å². The molecule has 4 heteroatoms. The Morgan fingerprint density at radius 3 is 2.27 bits per heavy atom. The number of allylic oxidation sites excluding steroid dienone is 1. The van der Waals surface area contributed by atoms with Gasteiger partial charge in [0.1, 0.15) is 0 Å². The van der Waals surface area contributed by atoms with Crippen LogP contribution in [0.3, 0.4) is 0 Å².